The summed E-state index contributed by atoms with van der Waals surface area (Å²) in [6, 6.07) is 9.28. The van der Waals surface area contributed by atoms with E-state index in [0.29, 0.717) is 20.9 Å². The van der Waals surface area contributed by atoms with Gasteiger partial charge in [0.25, 0.3) is 0 Å². The second-order valence-corrected chi connectivity index (χ2v) is 8.69. The third-order valence-electron chi connectivity index (χ3n) is 2.98. The SMILES string of the molecule is O=C(C=Cc1cccs1)Nc1nnc(SCc2c(Cl)cccc2Cl)s1. The largest absolute Gasteiger partial charge is 0.297 e. The normalized spacial score (nSPS) is 11.1. The van der Waals surface area contributed by atoms with Crippen LogP contribution < -0.4 is 5.32 Å². The Balaban J connectivity index is 1.56. The molecule has 0 spiro atoms. The van der Waals surface area contributed by atoms with Crippen molar-refractivity contribution in [3.8, 4) is 0 Å². The number of thiophene rings is 1. The van der Waals surface area contributed by atoms with Gasteiger partial charge in [-0.3, -0.25) is 10.1 Å². The van der Waals surface area contributed by atoms with Gasteiger partial charge in [0.1, 0.15) is 0 Å². The molecular weight excluding hydrogens is 417 g/mol. The molecule has 0 aliphatic rings. The summed E-state index contributed by atoms with van der Waals surface area (Å²) in [6.45, 7) is 0. The average Bonchev–Trinajstić information content (AvgIpc) is 3.24. The number of aromatic nitrogens is 2. The monoisotopic (exact) mass is 427 g/mol. The van der Waals surface area contributed by atoms with Gasteiger partial charge in [-0.2, -0.15) is 0 Å². The van der Waals surface area contributed by atoms with Crippen molar-refractivity contribution in [2.75, 3.05) is 5.32 Å². The minimum Gasteiger partial charge on any atom is -0.297 e. The van der Waals surface area contributed by atoms with Crippen LogP contribution in [-0.2, 0) is 10.5 Å². The van der Waals surface area contributed by atoms with E-state index in [1.807, 2.05) is 17.5 Å². The van der Waals surface area contributed by atoms with Crippen molar-refractivity contribution in [3.05, 3.63) is 62.3 Å². The van der Waals surface area contributed by atoms with Gasteiger partial charge in [-0.1, -0.05) is 58.4 Å². The number of carbonyl (C=O) groups is 1. The molecule has 0 aliphatic carbocycles. The van der Waals surface area contributed by atoms with Crippen molar-refractivity contribution in [3.63, 3.8) is 0 Å². The minimum atomic E-state index is -0.241. The van der Waals surface area contributed by atoms with E-state index in [1.165, 1.54) is 29.2 Å². The zero-order valence-corrected chi connectivity index (χ0v) is 16.6. The number of thioether (sulfide) groups is 1. The van der Waals surface area contributed by atoms with Crippen molar-refractivity contribution < 1.29 is 4.79 Å². The number of benzene rings is 1. The number of nitrogens with zero attached hydrogens (tertiary/aromatic N) is 2. The Morgan fingerprint density at radius 2 is 2.00 bits per heavy atom. The molecule has 1 N–H and O–H groups in total. The van der Waals surface area contributed by atoms with Crippen LogP contribution in [0.15, 0.2) is 46.1 Å². The Hall–Kier alpha value is -1.38. The van der Waals surface area contributed by atoms with Crippen LogP contribution in [0.25, 0.3) is 6.08 Å². The van der Waals surface area contributed by atoms with Crippen molar-refractivity contribution >= 4 is 74.8 Å². The molecule has 1 amide bonds. The molecule has 9 heteroatoms. The first-order chi connectivity index (χ1) is 12.1. The fraction of sp³-hybridized carbons (Fsp3) is 0.0625. The van der Waals surface area contributed by atoms with Crippen LogP contribution in [0.3, 0.4) is 0 Å². The lowest BCUT2D eigenvalue weighted by Crippen LogP contribution is -2.07. The number of amides is 1. The zero-order valence-electron chi connectivity index (χ0n) is 12.6. The van der Waals surface area contributed by atoms with E-state index < -0.39 is 0 Å². The molecule has 0 aliphatic heterocycles. The van der Waals surface area contributed by atoms with Crippen LogP contribution in [0.5, 0.6) is 0 Å². The number of nitrogens with one attached hydrogen (secondary N) is 1. The Morgan fingerprint density at radius 3 is 2.72 bits per heavy atom. The van der Waals surface area contributed by atoms with Crippen LogP contribution in [-0.4, -0.2) is 16.1 Å². The molecule has 3 aromatic rings. The summed E-state index contributed by atoms with van der Waals surface area (Å²) in [4.78, 5) is 12.9. The van der Waals surface area contributed by atoms with Crippen molar-refractivity contribution in [2.45, 2.75) is 10.1 Å². The van der Waals surface area contributed by atoms with Gasteiger partial charge in [-0.05, 0) is 35.2 Å². The molecule has 2 heterocycles. The number of anilines is 1. The van der Waals surface area contributed by atoms with Gasteiger partial charge in [0, 0.05) is 26.8 Å². The first-order valence-corrected chi connectivity index (χ1v) is 10.5. The summed E-state index contributed by atoms with van der Waals surface area (Å²) < 4.78 is 0.730. The number of rotatable bonds is 6. The maximum Gasteiger partial charge on any atom is 0.250 e. The number of hydrogen-bond acceptors (Lipinski definition) is 6. The molecule has 128 valence electrons. The lowest BCUT2D eigenvalue weighted by atomic mass is 10.2. The average molecular weight is 428 g/mol. The Bertz CT molecular complexity index is 874. The lowest BCUT2D eigenvalue weighted by molar-refractivity contribution is -0.111. The van der Waals surface area contributed by atoms with Gasteiger partial charge in [-0.15, -0.1) is 21.5 Å². The van der Waals surface area contributed by atoms with Crippen LogP contribution in [0.4, 0.5) is 5.13 Å². The fourth-order valence-electron chi connectivity index (χ4n) is 1.81. The highest BCUT2D eigenvalue weighted by Gasteiger charge is 2.10. The molecule has 0 fully saturated rings. The zero-order chi connectivity index (χ0) is 17.6. The summed E-state index contributed by atoms with van der Waals surface area (Å²) in [5.41, 5.74) is 0.857. The van der Waals surface area contributed by atoms with Gasteiger partial charge in [0.05, 0.1) is 0 Å². The predicted molar refractivity (Wildman–Crippen MR) is 108 cm³/mol. The fourth-order valence-corrected chi connectivity index (χ4v) is 4.93. The van der Waals surface area contributed by atoms with Gasteiger partial charge >= 0.3 is 0 Å². The number of hydrogen-bond donors (Lipinski definition) is 1. The summed E-state index contributed by atoms with van der Waals surface area (Å²) in [5.74, 6) is 0.342. The summed E-state index contributed by atoms with van der Waals surface area (Å²) in [6.07, 6.45) is 3.24. The van der Waals surface area contributed by atoms with E-state index in [9.17, 15) is 4.79 Å². The lowest BCUT2D eigenvalue weighted by Gasteiger charge is -2.04. The minimum absolute atomic E-state index is 0.241. The number of carbonyl (C=O) groups excluding carboxylic acids is 1. The molecule has 4 nitrogen and oxygen atoms in total. The molecule has 0 radical (unpaired) electrons. The highest BCUT2D eigenvalue weighted by molar-refractivity contribution is 8.00. The topological polar surface area (TPSA) is 54.9 Å². The molecule has 1 aromatic carbocycles. The second kappa shape index (κ2) is 8.82. The first-order valence-electron chi connectivity index (χ1n) is 7.03. The van der Waals surface area contributed by atoms with E-state index in [0.717, 1.165) is 14.8 Å². The van der Waals surface area contributed by atoms with Gasteiger partial charge in [0.15, 0.2) is 4.34 Å². The van der Waals surface area contributed by atoms with E-state index in [1.54, 1.807) is 35.6 Å². The molecule has 0 unspecified atom stereocenters. The van der Waals surface area contributed by atoms with Crippen molar-refractivity contribution in [1.82, 2.24) is 10.2 Å². The van der Waals surface area contributed by atoms with Crippen LogP contribution >= 0.6 is 57.6 Å². The Kier molecular flexibility index (Phi) is 6.50. The molecular formula is C16H11Cl2N3OS3. The number of halogens is 2. The van der Waals surface area contributed by atoms with Crippen LogP contribution in [0, 0.1) is 0 Å². The van der Waals surface area contributed by atoms with Crippen molar-refractivity contribution in [1.29, 1.82) is 0 Å². The molecule has 25 heavy (non-hydrogen) atoms. The second-order valence-electron chi connectivity index (χ2n) is 4.70. The highest BCUT2D eigenvalue weighted by Crippen LogP contribution is 2.33. The molecule has 0 saturated carbocycles. The summed E-state index contributed by atoms with van der Waals surface area (Å²) >= 11 is 16.6. The predicted octanol–water partition coefficient (Wildman–Crippen LogP) is 5.85. The summed E-state index contributed by atoms with van der Waals surface area (Å²) in [5, 5.41) is 14.4. The van der Waals surface area contributed by atoms with E-state index in [2.05, 4.69) is 15.5 Å². The third-order valence-corrected chi connectivity index (χ3v) is 6.52. The smallest absolute Gasteiger partial charge is 0.250 e. The molecule has 0 atom stereocenters. The van der Waals surface area contributed by atoms with Crippen LogP contribution in [0.2, 0.25) is 10.0 Å². The van der Waals surface area contributed by atoms with E-state index >= 15 is 0 Å². The summed E-state index contributed by atoms with van der Waals surface area (Å²) in [7, 11) is 0. The third kappa shape index (κ3) is 5.29. The molecule has 3 rings (SSSR count). The first kappa shape index (κ1) is 18.4. The van der Waals surface area contributed by atoms with Gasteiger partial charge in [-0.25, -0.2) is 0 Å². The van der Waals surface area contributed by atoms with Gasteiger partial charge < -0.3 is 0 Å². The van der Waals surface area contributed by atoms with E-state index in [4.69, 9.17) is 23.2 Å². The highest BCUT2D eigenvalue weighted by atomic mass is 35.5. The standard InChI is InChI=1S/C16H11Cl2N3OS3/c17-12-4-1-5-13(18)11(12)9-24-16-21-20-15(25-16)19-14(22)7-6-10-3-2-8-23-10/h1-8H,9H2,(H,19,20,22). The maximum atomic E-state index is 11.9. The maximum absolute atomic E-state index is 11.9. The molecule has 2 aromatic heterocycles. The van der Waals surface area contributed by atoms with E-state index in [-0.39, 0.29) is 5.91 Å². The van der Waals surface area contributed by atoms with Gasteiger partial charge in [0.2, 0.25) is 11.0 Å². The Morgan fingerprint density at radius 1 is 1.20 bits per heavy atom. The van der Waals surface area contributed by atoms with Crippen LogP contribution in [0.1, 0.15) is 10.4 Å². The quantitative estimate of drug-likeness (QED) is 0.304. The molecule has 0 bridgehead atoms. The Labute approximate surface area is 166 Å². The van der Waals surface area contributed by atoms with Crippen molar-refractivity contribution in [2.24, 2.45) is 0 Å². The molecule has 0 saturated heterocycles.